The molecule has 202 valence electrons. The Labute approximate surface area is 224 Å². The molecule has 4 rings (SSSR count). The molecule has 0 radical (unpaired) electrons. The molecule has 2 bridgehead atoms. The van der Waals surface area contributed by atoms with Crippen LogP contribution >= 0.6 is 23.5 Å². The van der Waals surface area contributed by atoms with Crippen molar-refractivity contribution in [2.45, 2.75) is 48.7 Å². The zero-order valence-electron chi connectivity index (χ0n) is 20.1. The molecule has 3 atom stereocenters. The maximum Gasteiger partial charge on any atom is 0.508 e. The molecule has 2 aromatic carbocycles. The molecule has 0 spiro atoms. The van der Waals surface area contributed by atoms with Gasteiger partial charge in [-0.05, 0) is 74.7 Å². The van der Waals surface area contributed by atoms with Crippen LogP contribution in [0.3, 0.4) is 0 Å². The molecule has 37 heavy (non-hydrogen) atoms. The second kappa shape index (κ2) is 11.4. The topological polar surface area (TPSA) is 53.1 Å². The monoisotopic (exact) mass is 579 g/mol. The van der Waals surface area contributed by atoms with Gasteiger partial charge in [-0.15, -0.1) is 0 Å². The first-order valence-corrected chi connectivity index (χ1v) is 13.9. The van der Waals surface area contributed by atoms with Crippen LogP contribution in [0.15, 0.2) is 41.3 Å². The van der Waals surface area contributed by atoms with E-state index in [1.165, 1.54) is 30.1 Å². The van der Waals surface area contributed by atoms with E-state index in [0.717, 1.165) is 23.9 Å². The number of benzene rings is 2. The SMILES string of the molecule is CCCN(C)Sc1ccc(OS(=O)C(F)(F)F)c(N2C3CCC2CN(C(=O)c2ccc(F)cc2Cl)C3)c1. The number of piperazine rings is 1. The molecular formula is C24H26ClF4N3O3S2. The normalized spacial score (nSPS) is 20.4. The Kier molecular flexibility index (Phi) is 8.61. The van der Waals surface area contributed by atoms with Crippen molar-refractivity contribution >= 4 is 46.2 Å². The predicted octanol–water partition coefficient (Wildman–Crippen LogP) is 5.88. The first kappa shape index (κ1) is 28.0. The van der Waals surface area contributed by atoms with E-state index in [0.29, 0.717) is 31.6 Å². The molecule has 0 saturated carbocycles. The van der Waals surface area contributed by atoms with Crippen LogP contribution in [0.2, 0.25) is 5.02 Å². The maximum atomic E-state index is 13.5. The quantitative estimate of drug-likeness (QED) is 0.287. The molecule has 2 heterocycles. The summed E-state index contributed by atoms with van der Waals surface area (Å²) in [7, 11) is 1.92. The Morgan fingerprint density at radius 3 is 2.46 bits per heavy atom. The third kappa shape index (κ3) is 6.35. The number of nitrogens with zero attached hydrogens (tertiary/aromatic N) is 3. The average molecular weight is 580 g/mol. The van der Waals surface area contributed by atoms with Crippen LogP contribution in [-0.2, 0) is 11.1 Å². The first-order valence-electron chi connectivity index (χ1n) is 11.7. The molecule has 0 aliphatic carbocycles. The minimum absolute atomic E-state index is 0.0195. The molecule has 2 aliphatic heterocycles. The summed E-state index contributed by atoms with van der Waals surface area (Å²) in [5.74, 6) is -1.00. The minimum atomic E-state index is -5.02. The van der Waals surface area contributed by atoms with E-state index in [-0.39, 0.29) is 34.3 Å². The zero-order valence-corrected chi connectivity index (χ0v) is 22.5. The van der Waals surface area contributed by atoms with Gasteiger partial charge in [-0.3, -0.25) is 4.79 Å². The van der Waals surface area contributed by atoms with Gasteiger partial charge in [-0.2, -0.15) is 13.2 Å². The summed E-state index contributed by atoms with van der Waals surface area (Å²) in [5, 5.41) is 0.0195. The highest BCUT2D eigenvalue weighted by Gasteiger charge is 2.44. The summed E-state index contributed by atoms with van der Waals surface area (Å²) in [4.78, 5) is 17.6. The van der Waals surface area contributed by atoms with Gasteiger partial charge in [-0.1, -0.05) is 18.5 Å². The highest BCUT2D eigenvalue weighted by atomic mass is 35.5. The molecule has 2 aliphatic rings. The van der Waals surface area contributed by atoms with E-state index in [2.05, 4.69) is 0 Å². The number of hydrogen-bond donors (Lipinski definition) is 0. The van der Waals surface area contributed by atoms with Gasteiger partial charge in [0.05, 0.1) is 16.3 Å². The van der Waals surface area contributed by atoms with Gasteiger partial charge in [0, 0.05) is 36.6 Å². The standard InChI is InChI=1S/C24H26ClF4N3O3S2/c1-3-10-30(2)36-18-7-9-22(35-37(34)24(27,28)29)21(12-18)32-16-5-6-17(32)14-31(13-16)23(33)19-8-4-15(26)11-20(19)25/h4,7-9,11-12,16-17H,3,5-6,10,13-14H2,1-2H3. The summed E-state index contributed by atoms with van der Waals surface area (Å²) in [6, 6.07) is 8.02. The van der Waals surface area contributed by atoms with Gasteiger partial charge in [-0.25, -0.2) is 12.9 Å². The number of amides is 1. The number of rotatable bonds is 8. The van der Waals surface area contributed by atoms with Gasteiger partial charge in [0.2, 0.25) is 0 Å². The summed E-state index contributed by atoms with van der Waals surface area (Å²) in [6.45, 7) is 3.47. The lowest BCUT2D eigenvalue weighted by atomic mass is 10.1. The van der Waals surface area contributed by atoms with E-state index in [1.54, 1.807) is 17.0 Å². The molecule has 6 nitrogen and oxygen atoms in total. The summed E-state index contributed by atoms with van der Waals surface area (Å²) >= 11 is 4.03. The van der Waals surface area contributed by atoms with Crippen molar-refractivity contribution in [3.8, 4) is 5.75 Å². The van der Waals surface area contributed by atoms with E-state index in [1.807, 2.05) is 23.2 Å². The molecule has 1 amide bonds. The minimum Gasteiger partial charge on any atom is -0.392 e. The summed E-state index contributed by atoms with van der Waals surface area (Å²) < 4.78 is 71.3. The fraction of sp³-hybridized carbons (Fsp3) is 0.458. The van der Waals surface area contributed by atoms with E-state index < -0.39 is 22.4 Å². The van der Waals surface area contributed by atoms with Gasteiger partial charge >= 0.3 is 16.6 Å². The van der Waals surface area contributed by atoms with Crippen molar-refractivity contribution in [2.24, 2.45) is 0 Å². The highest BCUT2D eigenvalue weighted by Crippen LogP contribution is 2.43. The molecule has 2 fully saturated rings. The fourth-order valence-electron chi connectivity index (χ4n) is 4.79. The van der Waals surface area contributed by atoms with Gasteiger partial charge in [0.25, 0.3) is 5.91 Å². The molecule has 3 unspecified atom stereocenters. The van der Waals surface area contributed by atoms with Gasteiger partial charge < -0.3 is 14.0 Å². The van der Waals surface area contributed by atoms with Crippen molar-refractivity contribution in [3.05, 3.63) is 52.8 Å². The van der Waals surface area contributed by atoms with Crippen LogP contribution in [-0.4, -0.2) is 63.6 Å². The third-order valence-electron chi connectivity index (χ3n) is 6.29. The number of carbonyl (C=O) groups is 1. The Morgan fingerprint density at radius 2 is 1.86 bits per heavy atom. The second-order valence-electron chi connectivity index (χ2n) is 8.96. The lowest BCUT2D eigenvalue weighted by Crippen LogP contribution is -2.55. The number of hydrogen-bond acceptors (Lipinski definition) is 6. The van der Waals surface area contributed by atoms with Crippen LogP contribution in [0, 0.1) is 5.82 Å². The lowest BCUT2D eigenvalue weighted by Gasteiger charge is -2.43. The number of alkyl halides is 3. The largest absolute Gasteiger partial charge is 0.508 e. The number of likely N-dealkylation sites (tertiary alicyclic amines) is 1. The van der Waals surface area contributed by atoms with Crippen molar-refractivity contribution in [2.75, 3.05) is 31.6 Å². The van der Waals surface area contributed by atoms with E-state index >= 15 is 0 Å². The lowest BCUT2D eigenvalue weighted by molar-refractivity contribution is -0.0437. The van der Waals surface area contributed by atoms with Gasteiger partial charge in [0.1, 0.15) is 5.82 Å². The Hall–Kier alpha value is -2.02. The molecule has 0 aromatic heterocycles. The molecule has 2 aromatic rings. The Bertz CT molecular complexity index is 1170. The fourth-order valence-corrected chi connectivity index (χ4v) is 6.36. The van der Waals surface area contributed by atoms with Crippen LogP contribution in [0.1, 0.15) is 36.5 Å². The smallest absolute Gasteiger partial charge is 0.392 e. The zero-order chi connectivity index (χ0) is 26.9. The molecular weight excluding hydrogens is 554 g/mol. The van der Waals surface area contributed by atoms with Crippen molar-refractivity contribution in [1.29, 1.82) is 0 Å². The number of carbonyl (C=O) groups excluding carboxylic acids is 1. The number of anilines is 1. The van der Waals surface area contributed by atoms with E-state index in [9.17, 15) is 26.6 Å². The van der Waals surface area contributed by atoms with Crippen LogP contribution in [0.25, 0.3) is 0 Å². The van der Waals surface area contributed by atoms with Crippen molar-refractivity contribution in [1.82, 2.24) is 9.21 Å². The average Bonchev–Trinajstić information content (AvgIpc) is 3.07. The van der Waals surface area contributed by atoms with Crippen LogP contribution in [0.4, 0.5) is 23.2 Å². The van der Waals surface area contributed by atoms with Crippen LogP contribution < -0.4 is 9.08 Å². The maximum absolute atomic E-state index is 13.5. The Morgan fingerprint density at radius 1 is 1.19 bits per heavy atom. The van der Waals surface area contributed by atoms with Gasteiger partial charge in [0.15, 0.2) is 5.75 Å². The molecule has 0 N–H and O–H groups in total. The van der Waals surface area contributed by atoms with Crippen molar-refractivity contribution in [3.63, 3.8) is 0 Å². The first-order chi connectivity index (χ1) is 17.5. The van der Waals surface area contributed by atoms with Crippen molar-refractivity contribution < 1.29 is 30.7 Å². The van der Waals surface area contributed by atoms with Crippen LogP contribution in [0.5, 0.6) is 5.75 Å². The molecule has 2 saturated heterocycles. The highest BCUT2D eigenvalue weighted by molar-refractivity contribution is 7.97. The number of halogens is 5. The second-order valence-corrected chi connectivity index (χ2v) is 11.7. The molecule has 13 heteroatoms. The predicted molar refractivity (Wildman–Crippen MR) is 137 cm³/mol. The third-order valence-corrected chi connectivity index (χ3v) is 8.27. The summed E-state index contributed by atoms with van der Waals surface area (Å²) in [5.41, 5.74) is -4.42. The van der Waals surface area contributed by atoms with E-state index in [4.69, 9.17) is 15.8 Å². The number of fused-ring (bicyclic) bond motifs is 2. The summed E-state index contributed by atoms with van der Waals surface area (Å²) in [6.07, 6.45) is 2.35. The Balaban J connectivity index is 1.62.